The fraction of sp³-hybridized carbons (Fsp3) is 0.211. The van der Waals surface area contributed by atoms with Crippen LogP contribution in [0.5, 0.6) is 5.75 Å². The Balaban J connectivity index is 1.82. The van der Waals surface area contributed by atoms with Crippen molar-refractivity contribution in [2.45, 2.75) is 12.8 Å². The fourth-order valence-electron chi connectivity index (χ4n) is 2.68. The van der Waals surface area contributed by atoms with Gasteiger partial charge in [0.25, 0.3) is 0 Å². The van der Waals surface area contributed by atoms with Crippen molar-refractivity contribution in [3.63, 3.8) is 0 Å². The van der Waals surface area contributed by atoms with Crippen LogP contribution in [0.4, 0.5) is 4.39 Å². The summed E-state index contributed by atoms with van der Waals surface area (Å²) in [7, 11) is 3.53. The predicted octanol–water partition coefficient (Wildman–Crippen LogP) is 4.02. The molecule has 0 amide bonds. The second-order valence-electron chi connectivity index (χ2n) is 5.55. The molecule has 1 heterocycles. The maximum atomic E-state index is 13.7. The van der Waals surface area contributed by atoms with Gasteiger partial charge in [0.2, 0.25) is 0 Å². The third-order valence-electron chi connectivity index (χ3n) is 3.93. The van der Waals surface area contributed by atoms with Gasteiger partial charge in [-0.3, -0.25) is 4.68 Å². The number of nitrogens with zero attached hydrogens (tertiary/aromatic N) is 2. The molecule has 0 saturated heterocycles. The standard InChI is InChI=1S/C19H19FN2O/c1-22-13-16(12-21-22)19-10-7-17(20)11-15(19)6-3-14-4-8-18(23-2)9-5-14/h4-5,7-13H,3,6H2,1-2H3. The van der Waals surface area contributed by atoms with Crippen LogP contribution >= 0.6 is 0 Å². The molecule has 0 unspecified atom stereocenters. The van der Waals surface area contributed by atoms with E-state index in [0.717, 1.165) is 35.3 Å². The third-order valence-corrected chi connectivity index (χ3v) is 3.93. The highest BCUT2D eigenvalue weighted by Gasteiger charge is 2.09. The molecule has 0 aliphatic rings. The molecule has 0 aliphatic heterocycles. The average Bonchev–Trinajstić information content (AvgIpc) is 2.99. The molecule has 0 bridgehead atoms. The van der Waals surface area contributed by atoms with Crippen LogP contribution < -0.4 is 4.74 Å². The number of ether oxygens (including phenoxy) is 1. The second-order valence-corrected chi connectivity index (χ2v) is 5.55. The van der Waals surface area contributed by atoms with Gasteiger partial charge in [0.05, 0.1) is 13.3 Å². The summed E-state index contributed by atoms with van der Waals surface area (Å²) in [6, 6.07) is 12.9. The summed E-state index contributed by atoms with van der Waals surface area (Å²) in [4.78, 5) is 0. The summed E-state index contributed by atoms with van der Waals surface area (Å²) in [5.41, 5.74) is 4.24. The molecule has 3 rings (SSSR count). The highest BCUT2D eigenvalue weighted by molar-refractivity contribution is 5.66. The number of methoxy groups -OCH3 is 1. The van der Waals surface area contributed by atoms with Crippen molar-refractivity contribution in [2.24, 2.45) is 7.05 Å². The van der Waals surface area contributed by atoms with Gasteiger partial charge in [0.1, 0.15) is 11.6 Å². The largest absolute Gasteiger partial charge is 0.497 e. The first-order valence-corrected chi connectivity index (χ1v) is 7.56. The summed E-state index contributed by atoms with van der Waals surface area (Å²) in [5.74, 6) is 0.637. The smallest absolute Gasteiger partial charge is 0.123 e. The third kappa shape index (κ3) is 3.59. The topological polar surface area (TPSA) is 27.1 Å². The molecule has 0 saturated carbocycles. The molecule has 2 aromatic carbocycles. The lowest BCUT2D eigenvalue weighted by atomic mass is 9.96. The Morgan fingerprint density at radius 1 is 1.09 bits per heavy atom. The Labute approximate surface area is 135 Å². The average molecular weight is 310 g/mol. The van der Waals surface area contributed by atoms with Gasteiger partial charge < -0.3 is 4.74 Å². The molecule has 0 radical (unpaired) electrons. The monoisotopic (exact) mass is 310 g/mol. The van der Waals surface area contributed by atoms with Crippen molar-refractivity contribution in [3.05, 3.63) is 71.8 Å². The minimum absolute atomic E-state index is 0.206. The van der Waals surface area contributed by atoms with Crippen molar-refractivity contribution < 1.29 is 9.13 Å². The van der Waals surface area contributed by atoms with Gasteiger partial charge in [-0.2, -0.15) is 5.10 Å². The Bertz CT molecular complexity index is 793. The first-order valence-electron chi connectivity index (χ1n) is 7.56. The van der Waals surface area contributed by atoms with Crippen LogP contribution in [-0.2, 0) is 19.9 Å². The van der Waals surface area contributed by atoms with E-state index in [-0.39, 0.29) is 5.82 Å². The van der Waals surface area contributed by atoms with E-state index in [1.807, 2.05) is 49.8 Å². The first kappa shape index (κ1) is 15.3. The lowest BCUT2D eigenvalue weighted by Crippen LogP contribution is -1.96. The number of halogens is 1. The predicted molar refractivity (Wildman–Crippen MR) is 89.0 cm³/mol. The van der Waals surface area contributed by atoms with Gasteiger partial charge in [-0.1, -0.05) is 18.2 Å². The Morgan fingerprint density at radius 2 is 1.87 bits per heavy atom. The van der Waals surface area contributed by atoms with Gasteiger partial charge in [-0.15, -0.1) is 0 Å². The quantitative estimate of drug-likeness (QED) is 0.711. The minimum atomic E-state index is -0.206. The molecule has 1 aromatic heterocycles. The number of hydrogen-bond donors (Lipinski definition) is 0. The zero-order valence-electron chi connectivity index (χ0n) is 13.3. The summed E-state index contributed by atoms with van der Waals surface area (Å²) >= 11 is 0. The molecule has 3 aromatic rings. The maximum absolute atomic E-state index is 13.7. The number of aryl methyl sites for hydroxylation is 3. The molecular formula is C19H19FN2O. The van der Waals surface area contributed by atoms with E-state index in [2.05, 4.69) is 5.10 Å². The molecule has 4 heteroatoms. The lowest BCUT2D eigenvalue weighted by Gasteiger charge is -2.09. The Morgan fingerprint density at radius 3 is 2.52 bits per heavy atom. The number of benzene rings is 2. The van der Waals surface area contributed by atoms with E-state index in [9.17, 15) is 4.39 Å². The van der Waals surface area contributed by atoms with E-state index in [1.54, 1.807) is 17.9 Å². The molecule has 23 heavy (non-hydrogen) atoms. The number of aromatic nitrogens is 2. The van der Waals surface area contributed by atoms with Crippen LogP contribution in [0, 0.1) is 5.82 Å². The van der Waals surface area contributed by atoms with E-state index in [0.29, 0.717) is 0 Å². The van der Waals surface area contributed by atoms with Gasteiger partial charge in [0, 0.05) is 18.8 Å². The second kappa shape index (κ2) is 6.65. The van der Waals surface area contributed by atoms with Gasteiger partial charge >= 0.3 is 0 Å². The lowest BCUT2D eigenvalue weighted by molar-refractivity contribution is 0.414. The van der Waals surface area contributed by atoms with E-state index in [4.69, 9.17) is 4.74 Å². The summed E-state index contributed by atoms with van der Waals surface area (Å²) in [6.45, 7) is 0. The van der Waals surface area contributed by atoms with Crippen molar-refractivity contribution in [1.82, 2.24) is 9.78 Å². The highest BCUT2D eigenvalue weighted by atomic mass is 19.1. The zero-order valence-corrected chi connectivity index (χ0v) is 13.3. The van der Waals surface area contributed by atoms with E-state index in [1.165, 1.54) is 11.6 Å². The fourth-order valence-corrected chi connectivity index (χ4v) is 2.68. The summed E-state index contributed by atoms with van der Waals surface area (Å²) in [6.07, 6.45) is 5.38. The van der Waals surface area contributed by atoms with Gasteiger partial charge in [0.15, 0.2) is 0 Å². The van der Waals surface area contributed by atoms with E-state index < -0.39 is 0 Å². The molecule has 0 N–H and O–H groups in total. The Kier molecular flexibility index (Phi) is 4.42. The highest BCUT2D eigenvalue weighted by Crippen LogP contribution is 2.25. The Hall–Kier alpha value is -2.62. The van der Waals surface area contributed by atoms with Crippen molar-refractivity contribution in [2.75, 3.05) is 7.11 Å². The van der Waals surface area contributed by atoms with Crippen LogP contribution in [0.1, 0.15) is 11.1 Å². The zero-order chi connectivity index (χ0) is 16.2. The van der Waals surface area contributed by atoms with Crippen molar-refractivity contribution in [3.8, 4) is 16.9 Å². The normalized spacial score (nSPS) is 10.7. The van der Waals surface area contributed by atoms with Crippen LogP contribution in [-0.4, -0.2) is 16.9 Å². The van der Waals surface area contributed by atoms with Crippen LogP contribution in [0.15, 0.2) is 54.9 Å². The van der Waals surface area contributed by atoms with Gasteiger partial charge in [-0.05, 0) is 53.8 Å². The number of rotatable bonds is 5. The SMILES string of the molecule is COc1ccc(CCc2cc(F)ccc2-c2cnn(C)c2)cc1. The molecule has 0 aliphatic carbocycles. The first-order chi connectivity index (χ1) is 11.2. The van der Waals surface area contributed by atoms with Gasteiger partial charge in [-0.25, -0.2) is 4.39 Å². The number of hydrogen-bond acceptors (Lipinski definition) is 2. The van der Waals surface area contributed by atoms with E-state index >= 15 is 0 Å². The molecule has 3 nitrogen and oxygen atoms in total. The molecule has 118 valence electrons. The molecule has 0 atom stereocenters. The molecule has 0 fully saturated rings. The molecule has 0 spiro atoms. The summed E-state index contributed by atoms with van der Waals surface area (Å²) < 4.78 is 20.6. The van der Waals surface area contributed by atoms with Crippen molar-refractivity contribution in [1.29, 1.82) is 0 Å². The van der Waals surface area contributed by atoms with Crippen LogP contribution in [0.2, 0.25) is 0 Å². The van der Waals surface area contributed by atoms with Crippen LogP contribution in [0.3, 0.4) is 0 Å². The minimum Gasteiger partial charge on any atom is -0.497 e. The van der Waals surface area contributed by atoms with Crippen molar-refractivity contribution >= 4 is 0 Å². The molecular weight excluding hydrogens is 291 g/mol. The summed E-state index contributed by atoms with van der Waals surface area (Å²) in [5, 5.41) is 4.20. The van der Waals surface area contributed by atoms with Crippen LogP contribution in [0.25, 0.3) is 11.1 Å². The maximum Gasteiger partial charge on any atom is 0.123 e.